The monoisotopic (exact) mass is 450 g/mol. The number of likely N-dealkylation sites (N-methyl/N-ethyl adjacent to an activating group) is 1. The third-order valence-electron chi connectivity index (χ3n) is 6.65. The van der Waals surface area contributed by atoms with Gasteiger partial charge in [0.25, 0.3) is 5.91 Å². The lowest BCUT2D eigenvalue weighted by atomic mass is 9.97. The summed E-state index contributed by atoms with van der Waals surface area (Å²) in [5.41, 5.74) is 3.22. The van der Waals surface area contributed by atoms with Gasteiger partial charge in [-0.25, -0.2) is 0 Å². The van der Waals surface area contributed by atoms with Gasteiger partial charge in [-0.1, -0.05) is 19.9 Å². The molecule has 0 spiro atoms. The summed E-state index contributed by atoms with van der Waals surface area (Å²) in [7, 11) is 1.47. The van der Waals surface area contributed by atoms with E-state index in [-0.39, 0.29) is 28.6 Å². The Bertz CT molecular complexity index is 1280. The number of carbonyl (C=O) groups is 1. The van der Waals surface area contributed by atoms with Crippen molar-refractivity contribution in [2.45, 2.75) is 33.7 Å². The molecule has 7 heteroatoms. The Morgan fingerprint density at radius 2 is 1.79 bits per heavy atom. The summed E-state index contributed by atoms with van der Waals surface area (Å²) in [4.78, 5) is 31.2. The van der Waals surface area contributed by atoms with Crippen LogP contribution in [0.5, 0.6) is 11.5 Å². The molecule has 0 fully saturated rings. The zero-order chi connectivity index (χ0) is 23.9. The van der Waals surface area contributed by atoms with Gasteiger partial charge in [0.15, 0.2) is 16.9 Å². The SMILES string of the molecule is CCN(CC)CCN1C(=O)c2oc3cc(C)c(C)cc3c(=O)c2C1c1ccc(O)c(OC)c1. The summed E-state index contributed by atoms with van der Waals surface area (Å²) < 4.78 is 11.4. The molecule has 0 radical (unpaired) electrons. The first-order valence-corrected chi connectivity index (χ1v) is 11.3. The molecule has 0 saturated heterocycles. The van der Waals surface area contributed by atoms with Crippen molar-refractivity contribution in [3.63, 3.8) is 0 Å². The van der Waals surface area contributed by atoms with E-state index in [1.54, 1.807) is 17.0 Å². The molecule has 0 aliphatic carbocycles. The Hall–Kier alpha value is -3.32. The van der Waals surface area contributed by atoms with Crippen molar-refractivity contribution >= 4 is 16.9 Å². The van der Waals surface area contributed by atoms with Crippen molar-refractivity contribution in [3.8, 4) is 11.5 Å². The van der Waals surface area contributed by atoms with Gasteiger partial charge in [0.1, 0.15) is 5.58 Å². The zero-order valence-electron chi connectivity index (χ0n) is 19.8. The number of phenols is 1. The van der Waals surface area contributed by atoms with E-state index >= 15 is 0 Å². The highest BCUT2D eigenvalue weighted by molar-refractivity contribution is 5.99. The van der Waals surface area contributed by atoms with Crippen LogP contribution >= 0.6 is 0 Å². The van der Waals surface area contributed by atoms with Crippen LogP contribution in [0.2, 0.25) is 0 Å². The van der Waals surface area contributed by atoms with E-state index < -0.39 is 6.04 Å². The number of nitrogens with zero attached hydrogens (tertiary/aromatic N) is 2. The largest absolute Gasteiger partial charge is 0.504 e. The Morgan fingerprint density at radius 3 is 2.45 bits per heavy atom. The van der Waals surface area contributed by atoms with Gasteiger partial charge in [0.05, 0.1) is 24.1 Å². The molecule has 1 unspecified atom stereocenters. The van der Waals surface area contributed by atoms with E-state index in [2.05, 4.69) is 18.7 Å². The van der Waals surface area contributed by atoms with Crippen LogP contribution in [0.3, 0.4) is 0 Å². The van der Waals surface area contributed by atoms with Gasteiger partial charge in [-0.3, -0.25) is 9.59 Å². The van der Waals surface area contributed by atoms with Crippen LogP contribution in [0.4, 0.5) is 0 Å². The number of benzene rings is 2. The van der Waals surface area contributed by atoms with Crippen LogP contribution in [0, 0.1) is 13.8 Å². The van der Waals surface area contributed by atoms with Crippen molar-refractivity contribution in [1.29, 1.82) is 0 Å². The number of aryl methyl sites for hydroxylation is 2. The molecule has 3 aromatic rings. The predicted octanol–water partition coefficient (Wildman–Crippen LogP) is 4.01. The molecule has 7 nitrogen and oxygen atoms in total. The van der Waals surface area contributed by atoms with Gasteiger partial charge in [-0.15, -0.1) is 0 Å². The van der Waals surface area contributed by atoms with Crippen molar-refractivity contribution in [1.82, 2.24) is 9.80 Å². The molecule has 1 aliphatic rings. The molecule has 0 saturated carbocycles. The van der Waals surface area contributed by atoms with Gasteiger partial charge in [-0.2, -0.15) is 0 Å². The first kappa shape index (κ1) is 22.9. The van der Waals surface area contributed by atoms with E-state index in [1.807, 2.05) is 26.0 Å². The van der Waals surface area contributed by atoms with Gasteiger partial charge in [-0.05, 0) is 67.9 Å². The number of ether oxygens (including phenoxy) is 1. The van der Waals surface area contributed by atoms with E-state index in [9.17, 15) is 14.7 Å². The second-order valence-corrected chi connectivity index (χ2v) is 8.47. The Balaban J connectivity index is 1.92. The second kappa shape index (κ2) is 8.90. The number of carbonyl (C=O) groups excluding carboxylic acids is 1. The van der Waals surface area contributed by atoms with Crippen molar-refractivity contribution in [2.24, 2.45) is 0 Å². The first-order chi connectivity index (χ1) is 15.8. The molecule has 1 aromatic heterocycles. The van der Waals surface area contributed by atoms with Crippen LogP contribution in [0.15, 0.2) is 39.5 Å². The fraction of sp³-hybridized carbons (Fsp3) is 0.385. The normalized spacial score (nSPS) is 15.5. The van der Waals surface area contributed by atoms with E-state index in [0.29, 0.717) is 35.2 Å². The third-order valence-corrected chi connectivity index (χ3v) is 6.65. The smallest absolute Gasteiger partial charge is 0.290 e. The summed E-state index contributed by atoms with van der Waals surface area (Å²) in [6, 6.07) is 7.94. The highest BCUT2D eigenvalue weighted by atomic mass is 16.5. The maximum atomic E-state index is 13.7. The lowest BCUT2D eigenvalue weighted by Gasteiger charge is -2.28. The fourth-order valence-electron chi connectivity index (χ4n) is 4.51. The second-order valence-electron chi connectivity index (χ2n) is 8.47. The number of amides is 1. The molecule has 33 heavy (non-hydrogen) atoms. The number of methoxy groups -OCH3 is 1. The average Bonchev–Trinajstić information content (AvgIpc) is 3.08. The number of aromatic hydroxyl groups is 1. The summed E-state index contributed by atoms with van der Waals surface area (Å²) in [5.74, 6) is 0.0737. The lowest BCUT2D eigenvalue weighted by Crippen LogP contribution is -2.37. The molecular weight excluding hydrogens is 420 g/mol. The molecule has 1 aliphatic heterocycles. The van der Waals surface area contributed by atoms with Crippen LogP contribution in [-0.4, -0.2) is 54.1 Å². The molecule has 4 rings (SSSR count). The minimum Gasteiger partial charge on any atom is -0.504 e. The Labute approximate surface area is 193 Å². The van der Waals surface area contributed by atoms with Crippen molar-refractivity contribution in [3.05, 3.63) is 68.6 Å². The fourth-order valence-corrected chi connectivity index (χ4v) is 4.51. The third kappa shape index (κ3) is 3.86. The van der Waals surface area contributed by atoms with Gasteiger partial charge in [0.2, 0.25) is 5.76 Å². The van der Waals surface area contributed by atoms with E-state index in [4.69, 9.17) is 9.15 Å². The molecule has 2 aromatic carbocycles. The highest BCUT2D eigenvalue weighted by Crippen LogP contribution is 2.40. The number of hydrogen-bond donors (Lipinski definition) is 1. The molecule has 1 amide bonds. The predicted molar refractivity (Wildman–Crippen MR) is 127 cm³/mol. The lowest BCUT2D eigenvalue weighted by molar-refractivity contribution is 0.0708. The minimum absolute atomic E-state index is 0.00265. The van der Waals surface area contributed by atoms with Gasteiger partial charge >= 0.3 is 0 Å². The molecule has 174 valence electrons. The number of hydrogen-bond acceptors (Lipinski definition) is 6. The Morgan fingerprint density at radius 1 is 1.09 bits per heavy atom. The number of fused-ring (bicyclic) bond motifs is 2. The summed E-state index contributed by atoms with van der Waals surface area (Å²) in [6.45, 7) is 10.9. The molecular formula is C26H30N2O5. The highest BCUT2D eigenvalue weighted by Gasteiger charge is 2.43. The van der Waals surface area contributed by atoms with Crippen LogP contribution in [0.25, 0.3) is 11.0 Å². The topological polar surface area (TPSA) is 83.2 Å². The molecule has 1 atom stereocenters. The maximum absolute atomic E-state index is 13.7. The van der Waals surface area contributed by atoms with Crippen LogP contribution in [-0.2, 0) is 0 Å². The summed E-state index contributed by atoms with van der Waals surface area (Å²) >= 11 is 0. The Kier molecular flexibility index (Phi) is 6.17. The molecule has 2 heterocycles. The van der Waals surface area contributed by atoms with E-state index in [0.717, 1.165) is 24.2 Å². The van der Waals surface area contributed by atoms with E-state index in [1.165, 1.54) is 13.2 Å². The maximum Gasteiger partial charge on any atom is 0.290 e. The van der Waals surface area contributed by atoms with Crippen molar-refractivity contribution < 1.29 is 19.1 Å². The van der Waals surface area contributed by atoms with Crippen molar-refractivity contribution in [2.75, 3.05) is 33.3 Å². The standard InChI is InChI=1S/C26H30N2O5/c1-6-27(7-2)10-11-28-23(17-8-9-19(29)21(14-17)32-5)22-24(30)18-12-15(3)16(4)13-20(18)33-25(22)26(28)31/h8-9,12-14,23,29H,6-7,10-11H2,1-5H3. The average molecular weight is 451 g/mol. The van der Waals surface area contributed by atoms with Crippen LogP contribution < -0.4 is 10.2 Å². The quantitative estimate of drug-likeness (QED) is 0.586. The number of rotatable bonds is 7. The molecule has 1 N–H and O–H groups in total. The van der Waals surface area contributed by atoms with Gasteiger partial charge < -0.3 is 24.1 Å². The first-order valence-electron chi connectivity index (χ1n) is 11.3. The number of phenolic OH excluding ortho intramolecular Hbond substituents is 1. The minimum atomic E-state index is -0.625. The zero-order valence-corrected chi connectivity index (χ0v) is 19.8. The summed E-state index contributed by atoms with van der Waals surface area (Å²) in [6.07, 6.45) is 0. The summed E-state index contributed by atoms with van der Waals surface area (Å²) in [5, 5.41) is 10.6. The van der Waals surface area contributed by atoms with Gasteiger partial charge in [0, 0.05) is 13.1 Å². The molecule has 0 bridgehead atoms. The van der Waals surface area contributed by atoms with Crippen LogP contribution in [0.1, 0.15) is 52.7 Å².